The summed E-state index contributed by atoms with van der Waals surface area (Å²) in [4.78, 5) is 17.4. The number of hydrogen-bond acceptors (Lipinski definition) is 3. The lowest BCUT2D eigenvalue weighted by molar-refractivity contribution is -0.129. The Labute approximate surface area is 168 Å². The van der Waals surface area contributed by atoms with Crippen molar-refractivity contribution in [3.8, 4) is 0 Å². The van der Waals surface area contributed by atoms with Crippen molar-refractivity contribution >= 4 is 12.0 Å². The molecule has 2 aromatic rings. The first kappa shape index (κ1) is 20.3. The monoisotopic (exact) mass is 378 g/mol. The van der Waals surface area contributed by atoms with Gasteiger partial charge in [0.15, 0.2) is 0 Å². The molecule has 1 aliphatic heterocycles. The quantitative estimate of drug-likeness (QED) is 0.688. The summed E-state index contributed by atoms with van der Waals surface area (Å²) in [6, 6.07) is 18.5. The smallest absolute Gasteiger partial charge is 0.247 e. The summed E-state index contributed by atoms with van der Waals surface area (Å²) in [6.07, 6.45) is 3.61. The van der Waals surface area contributed by atoms with E-state index in [9.17, 15) is 4.79 Å². The van der Waals surface area contributed by atoms with Crippen LogP contribution in [0.2, 0.25) is 0 Å². The molecule has 148 valence electrons. The Morgan fingerprint density at radius 2 is 1.89 bits per heavy atom. The Morgan fingerprint density at radius 1 is 1.14 bits per heavy atom. The van der Waals surface area contributed by atoms with E-state index < -0.39 is 0 Å². The van der Waals surface area contributed by atoms with Crippen LogP contribution in [0.25, 0.3) is 6.08 Å². The van der Waals surface area contributed by atoms with Gasteiger partial charge in [-0.25, -0.2) is 0 Å². The molecule has 2 aromatic carbocycles. The van der Waals surface area contributed by atoms with Gasteiger partial charge < -0.3 is 9.64 Å². The molecule has 4 heteroatoms. The molecule has 3 rings (SSSR count). The molecule has 4 nitrogen and oxygen atoms in total. The summed E-state index contributed by atoms with van der Waals surface area (Å²) < 4.78 is 5.45. The zero-order chi connectivity index (χ0) is 19.8. The summed E-state index contributed by atoms with van der Waals surface area (Å²) in [5, 5.41) is 0. The fourth-order valence-electron chi connectivity index (χ4n) is 3.52. The molecular weight excluding hydrogens is 348 g/mol. The van der Waals surface area contributed by atoms with Crippen molar-refractivity contribution in [3.63, 3.8) is 0 Å². The molecule has 1 aliphatic rings. The van der Waals surface area contributed by atoms with Gasteiger partial charge in [-0.05, 0) is 31.1 Å². The lowest BCUT2D eigenvalue weighted by Crippen LogP contribution is -2.47. The Kier molecular flexibility index (Phi) is 7.40. The highest BCUT2D eigenvalue weighted by Gasteiger charge is 2.22. The van der Waals surface area contributed by atoms with Gasteiger partial charge in [0, 0.05) is 38.3 Å². The number of rotatable bonds is 7. The molecule has 1 fully saturated rings. The van der Waals surface area contributed by atoms with Crippen LogP contribution in [0.3, 0.4) is 0 Å². The number of aryl methyl sites for hydroxylation is 1. The zero-order valence-corrected chi connectivity index (χ0v) is 16.9. The zero-order valence-electron chi connectivity index (χ0n) is 16.9. The van der Waals surface area contributed by atoms with Gasteiger partial charge >= 0.3 is 0 Å². The van der Waals surface area contributed by atoms with E-state index in [1.165, 1.54) is 5.56 Å². The summed E-state index contributed by atoms with van der Waals surface area (Å²) >= 11 is 0. The molecule has 0 N–H and O–H groups in total. The van der Waals surface area contributed by atoms with Crippen molar-refractivity contribution < 1.29 is 9.53 Å². The average Bonchev–Trinajstić information content (AvgIpc) is 2.72. The minimum absolute atomic E-state index is 0.0473. The molecule has 1 unspecified atom stereocenters. The van der Waals surface area contributed by atoms with Gasteiger partial charge in [0.05, 0.1) is 13.2 Å². The van der Waals surface area contributed by atoms with Gasteiger partial charge in [-0.3, -0.25) is 9.69 Å². The van der Waals surface area contributed by atoms with E-state index in [0.717, 1.165) is 44.0 Å². The van der Waals surface area contributed by atoms with Gasteiger partial charge in [-0.2, -0.15) is 0 Å². The van der Waals surface area contributed by atoms with E-state index in [4.69, 9.17) is 4.74 Å². The normalized spacial score (nSPS) is 16.2. The SMILES string of the molecule is Cc1cccc(/C=C/C(=O)N(Cc2ccccc2)C(C)CN2CCOCC2)c1. The molecule has 0 bridgehead atoms. The van der Waals surface area contributed by atoms with Crippen molar-refractivity contribution in [2.24, 2.45) is 0 Å². The Hall–Kier alpha value is -2.43. The van der Waals surface area contributed by atoms with Crippen LogP contribution in [-0.4, -0.2) is 54.6 Å². The van der Waals surface area contributed by atoms with Crippen LogP contribution in [0.1, 0.15) is 23.6 Å². The molecular formula is C24H30N2O2. The van der Waals surface area contributed by atoms with Crippen molar-refractivity contribution in [3.05, 3.63) is 77.4 Å². The number of carbonyl (C=O) groups excluding carboxylic acids is 1. The third kappa shape index (κ3) is 6.04. The molecule has 1 heterocycles. The van der Waals surface area contributed by atoms with Crippen LogP contribution in [0, 0.1) is 6.92 Å². The third-order valence-corrected chi connectivity index (χ3v) is 5.10. The second-order valence-electron chi connectivity index (χ2n) is 7.46. The maximum atomic E-state index is 13.1. The van der Waals surface area contributed by atoms with E-state index in [1.807, 2.05) is 41.3 Å². The summed E-state index contributed by atoms with van der Waals surface area (Å²) in [6.45, 7) is 9.07. The van der Waals surface area contributed by atoms with E-state index in [2.05, 4.69) is 43.0 Å². The van der Waals surface area contributed by atoms with Crippen LogP contribution in [0.4, 0.5) is 0 Å². The van der Waals surface area contributed by atoms with Gasteiger partial charge in [0.2, 0.25) is 5.91 Å². The first-order valence-electron chi connectivity index (χ1n) is 10.0. The number of morpholine rings is 1. The highest BCUT2D eigenvalue weighted by molar-refractivity contribution is 5.92. The van der Waals surface area contributed by atoms with E-state index in [0.29, 0.717) is 6.54 Å². The topological polar surface area (TPSA) is 32.8 Å². The first-order chi connectivity index (χ1) is 13.6. The van der Waals surface area contributed by atoms with Crippen molar-refractivity contribution in [2.75, 3.05) is 32.8 Å². The van der Waals surface area contributed by atoms with Crippen molar-refractivity contribution in [1.82, 2.24) is 9.80 Å². The first-order valence-corrected chi connectivity index (χ1v) is 10.0. The standard InChI is InChI=1S/C24H30N2O2/c1-20-7-6-10-22(17-20)11-12-24(27)26(19-23-8-4-3-5-9-23)21(2)18-25-13-15-28-16-14-25/h3-12,17,21H,13-16,18-19H2,1-2H3/b12-11+. The number of amides is 1. The van der Waals surface area contributed by atoms with Crippen LogP contribution in [0.15, 0.2) is 60.7 Å². The van der Waals surface area contributed by atoms with Crippen LogP contribution >= 0.6 is 0 Å². The highest BCUT2D eigenvalue weighted by atomic mass is 16.5. The lowest BCUT2D eigenvalue weighted by atomic mass is 10.1. The molecule has 0 radical (unpaired) electrons. The predicted molar refractivity (Wildman–Crippen MR) is 114 cm³/mol. The number of carbonyl (C=O) groups is 1. The van der Waals surface area contributed by atoms with E-state index in [-0.39, 0.29) is 11.9 Å². The second kappa shape index (κ2) is 10.2. The Bertz CT molecular complexity index is 782. The summed E-state index contributed by atoms with van der Waals surface area (Å²) in [5.74, 6) is 0.0473. The summed E-state index contributed by atoms with van der Waals surface area (Å²) in [7, 11) is 0. The van der Waals surface area contributed by atoms with E-state index >= 15 is 0 Å². The molecule has 0 spiro atoms. The molecule has 1 amide bonds. The van der Waals surface area contributed by atoms with Crippen LogP contribution in [0.5, 0.6) is 0 Å². The minimum atomic E-state index is 0.0473. The second-order valence-corrected chi connectivity index (χ2v) is 7.46. The third-order valence-electron chi connectivity index (χ3n) is 5.10. The van der Waals surface area contributed by atoms with Gasteiger partial charge in [0.25, 0.3) is 0 Å². The molecule has 0 saturated carbocycles. The van der Waals surface area contributed by atoms with Gasteiger partial charge in [-0.1, -0.05) is 60.2 Å². The summed E-state index contributed by atoms with van der Waals surface area (Å²) in [5.41, 5.74) is 3.39. The van der Waals surface area contributed by atoms with Crippen molar-refractivity contribution in [2.45, 2.75) is 26.4 Å². The van der Waals surface area contributed by atoms with Crippen molar-refractivity contribution in [1.29, 1.82) is 0 Å². The molecule has 1 atom stereocenters. The molecule has 1 saturated heterocycles. The van der Waals surface area contributed by atoms with Gasteiger partial charge in [0.1, 0.15) is 0 Å². The maximum absolute atomic E-state index is 13.1. The number of benzene rings is 2. The number of nitrogens with zero attached hydrogens (tertiary/aromatic N) is 2. The average molecular weight is 379 g/mol. The van der Waals surface area contributed by atoms with Crippen LogP contribution in [-0.2, 0) is 16.1 Å². The predicted octanol–water partition coefficient (Wildman–Crippen LogP) is 3.76. The van der Waals surface area contributed by atoms with Gasteiger partial charge in [-0.15, -0.1) is 0 Å². The Balaban J connectivity index is 1.73. The largest absolute Gasteiger partial charge is 0.379 e. The molecule has 0 aliphatic carbocycles. The maximum Gasteiger partial charge on any atom is 0.247 e. The highest BCUT2D eigenvalue weighted by Crippen LogP contribution is 2.13. The fourth-order valence-corrected chi connectivity index (χ4v) is 3.52. The number of hydrogen-bond donors (Lipinski definition) is 0. The minimum Gasteiger partial charge on any atom is -0.379 e. The number of ether oxygens (including phenoxy) is 1. The van der Waals surface area contributed by atoms with E-state index in [1.54, 1.807) is 6.08 Å². The lowest BCUT2D eigenvalue weighted by Gasteiger charge is -2.34. The molecule has 28 heavy (non-hydrogen) atoms. The van der Waals surface area contributed by atoms with Crippen LogP contribution < -0.4 is 0 Å². The Morgan fingerprint density at radius 3 is 2.61 bits per heavy atom. The molecule has 0 aromatic heterocycles. The fraction of sp³-hybridized carbons (Fsp3) is 0.375.